The molecule has 0 saturated heterocycles. The first-order valence-electron chi connectivity index (χ1n) is 7.70. The summed E-state index contributed by atoms with van der Waals surface area (Å²) in [5, 5.41) is 3.56. The minimum absolute atomic E-state index is 0.0391. The summed E-state index contributed by atoms with van der Waals surface area (Å²) in [5.74, 6) is 0.0391. The zero-order valence-electron chi connectivity index (χ0n) is 12.2. The van der Waals surface area contributed by atoms with Gasteiger partial charge < -0.3 is 5.32 Å². The lowest BCUT2D eigenvalue weighted by atomic mass is 9.87. The first kappa shape index (κ1) is 13.2. The summed E-state index contributed by atoms with van der Waals surface area (Å²) in [6.07, 6.45) is 8.94. The molecule has 2 aliphatic rings. The number of nitrogens with one attached hydrogen (secondary N) is 1. The molecule has 110 valence electrons. The Bertz CT molecular complexity index is 766. The van der Waals surface area contributed by atoms with Crippen LogP contribution in [0.2, 0.25) is 0 Å². The maximum Gasteiger partial charge on any atom is 0.189 e. The highest BCUT2D eigenvalue weighted by Crippen LogP contribution is 2.31. The molecule has 0 amide bonds. The van der Waals surface area contributed by atoms with Gasteiger partial charge in [0, 0.05) is 18.1 Å². The molecule has 1 N–H and O–H groups in total. The molecule has 0 saturated carbocycles. The number of nitrogens with zero attached hydrogens (tertiary/aromatic N) is 2. The van der Waals surface area contributed by atoms with Gasteiger partial charge in [-0.25, -0.2) is 4.98 Å². The summed E-state index contributed by atoms with van der Waals surface area (Å²) in [5.41, 5.74) is 4.86. The molecule has 0 aliphatic heterocycles. The molecule has 0 unspecified atom stereocenters. The van der Waals surface area contributed by atoms with E-state index in [0.717, 1.165) is 18.5 Å². The number of aromatic nitrogens is 2. The Morgan fingerprint density at radius 3 is 2.95 bits per heavy atom. The average molecular weight is 291 g/mol. The van der Waals surface area contributed by atoms with Gasteiger partial charge in [-0.05, 0) is 36.5 Å². The van der Waals surface area contributed by atoms with Crippen LogP contribution in [0.5, 0.6) is 0 Å². The zero-order valence-corrected chi connectivity index (χ0v) is 12.2. The smallest absolute Gasteiger partial charge is 0.189 e. The van der Waals surface area contributed by atoms with Crippen LogP contribution >= 0.6 is 0 Å². The lowest BCUT2D eigenvalue weighted by Crippen LogP contribution is -2.27. The van der Waals surface area contributed by atoms with E-state index in [2.05, 4.69) is 39.6 Å². The Balaban J connectivity index is 1.63. The molecule has 1 heterocycles. The average Bonchev–Trinajstić information content (AvgIpc) is 2.55. The van der Waals surface area contributed by atoms with E-state index in [1.54, 1.807) is 12.4 Å². The number of Topliss-reactive ketones (excluding diaryl/α,β-unsaturated/α-hetero) is 1. The van der Waals surface area contributed by atoms with E-state index in [9.17, 15) is 4.79 Å². The number of rotatable bonds is 2. The summed E-state index contributed by atoms with van der Waals surface area (Å²) < 4.78 is 0. The van der Waals surface area contributed by atoms with Crippen LogP contribution in [0.25, 0.3) is 6.08 Å². The predicted octanol–water partition coefficient (Wildman–Crippen LogP) is 3.07. The van der Waals surface area contributed by atoms with Crippen LogP contribution in [-0.2, 0) is 6.42 Å². The van der Waals surface area contributed by atoms with Gasteiger partial charge in [0.05, 0.1) is 18.2 Å². The molecule has 2 aliphatic carbocycles. The van der Waals surface area contributed by atoms with Crippen molar-refractivity contribution in [2.45, 2.75) is 31.7 Å². The number of carbonyl (C=O) groups is 1. The number of fused-ring (bicyclic) bond motifs is 2. The van der Waals surface area contributed by atoms with Crippen molar-refractivity contribution in [2.24, 2.45) is 0 Å². The van der Waals surface area contributed by atoms with Crippen LogP contribution in [0.1, 0.15) is 52.6 Å². The number of benzene rings is 1. The van der Waals surface area contributed by atoms with Crippen LogP contribution in [-0.4, -0.2) is 15.8 Å². The third-order valence-corrected chi connectivity index (χ3v) is 4.38. The molecular weight excluding hydrogens is 274 g/mol. The van der Waals surface area contributed by atoms with Crippen molar-refractivity contribution in [3.8, 4) is 0 Å². The zero-order chi connectivity index (χ0) is 14.9. The number of hydrogen-bond acceptors (Lipinski definition) is 4. The van der Waals surface area contributed by atoms with E-state index in [1.165, 1.54) is 17.5 Å². The highest BCUT2D eigenvalue weighted by atomic mass is 16.1. The molecule has 1 aromatic carbocycles. The van der Waals surface area contributed by atoms with Gasteiger partial charge in [-0.1, -0.05) is 24.3 Å². The van der Waals surface area contributed by atoms with E-state index in [-0.39, 0.29) is 11.8 Å². The SMILES string of the molecule is O=C1CC(N[C@@H]2CCCc3ccccc32)=Cc2nccnc21. The molecule has 0 fully saturated rings. The maximum absolute atomic E-state index is 12.2. The number of ketones is 1. The van der Waals surface area contributed by atoms with Gasteiger partial charge in [-0.2, -0.15) is 0 Å². The van der Waals surface area contributed by atoms with Gasteiger partial charge in [0.1, 0.15) is 5.69 Å². The third kappa shape index (κ3) is 2.30. The topological polar surface area (TPSA) is 54.9 Å². The Morgan fingerprint density at radius 1 is 1.14 bits per heavy atom. The monoisotopic (exact) mass is 291 g/mol. The molecular formula is C18H17N3O. The minimum atomic E-state index is 0.0391. The maximum atomic E-state index is 12.2. The van der Waals surface area contributed by atoms with E-state index in [0.29, 0.717) is 17.8 Å². The molecule has 4 nitrogen and oxygen atoms in total. The summed E-state index contributed by atoms with van der Waals surface area (Å²) in [4.78, 5) is 20.6. The second-order valence-corrected chi connectivity index (χ2v) is 5.85. The van der Waals surface area contributed by atoms with Gasteiger partial charge in [0.2, 0.25) is 0 Å². The molecule has 4 heteroatoms. The molecule has 1 aromatic heterocycles. The number of allylic oxidation sites excluding steroid dienone is 1. The van der Waals surface area contributed by atoms with Crippen molar-refractivity contribution < 1.29 is 4.79 Å². The van der Waals surface area contributed by atoms with E-state index in [4.69, 9.17) is 0 Å². The fraction of sp³-hybridized carbons (Fsp3) is 0.278. The van der Waals surface area contributed by atoms with Crippen molar-refractivity contribution in [1.82, 2.24) is 15.3 Å². The normalized spacial score (nSPS) is 19.9. The van der Waals surface area contributed by atoms with Crippen LogP contribution in [0.3, 0.4) is 0 Å². The van der Waals surface area contributed by atoms with Crippen LogP contribution < -0.4 is 5.32 Å². The second-order valence-electron chi connectivity index (χ2n) is 5.85. The lowest BCUT2D eigenvalue weighted by molar-refractivity contribution is 0.0983. The highest BCUT2D eigenvalue weighted by Gasteiger charge is 2.24. The summed E-state index contributed by atoms with van der Waals surface area (Å²) in [6.45, 7) is 0. The molecule has 4 rings (SSSR count). The van der Waals surface area contributed by atoms with Gasteiger partial charge in [0.25, 0.3) is 0 Å². The molecule has 0 bridgehead atoms. The molecule has 1 atom stereocenters. The van der Waals surface area contributed by atoms with E-state index >= 15 is 0 Å². The molecule has 0 radical (unpaired) electrons. The third-order valence-electron chi connectivity index (χ3n) is 4.38. The van der Waals surface area contributed by atoms with Gasteiger partial charge >= 0.3 is 0 Å². The minimum Gasteiger partial charge on any atom is -0.381 e. The molecule has 2 aromatic rings. The Hall–Kier alpha value is -2.49. The van der Waals surface area contributed by atoms with Gasteiger partial charge in [-0.3, -0.25) is 9.78 Å². The quantitative estimate of drug-likeness (QED) is 0.924. The van der Waals surface area contributed by atoms with Gasteiger partial charge in [0.15, 0.2) is 5.78 Å². The predicted molar refractivity (Wildman–Crippen MR) is 84.2 cm³/mol. The van der Waals surface area contributed by atoms with E-state index < -0.39 is 0 Å². The Labute approximate surface area is 129 Å². The van der Waals surface area contributed by atoms with E-state index in [1.807, 2.05) is 6.08 Å². The fourth-order valence-corrected chi connectivity index (χ4v) is 3.36. The Morgan fingerprint density at radius 2 is 2.00 bits per heavy atom. The summed E-state index contributed by atoms with van der Waals surface area (Å²) in [6, 6.07) is 8.84. The molecule has 22 heavy (non-hydrogen) atoms. The molecule has 0 spiro atoms. The summed E-state index contributed by atoms with van der Waals surface area (Å²) in [7, 11) is 0. The van der Waals surface area contributed by atoms with Crippen LogP contribution in [0.15, 0.2) is 42.4 Å². The van der Waals surface area contributed by atoms with Crippen molar-refractivity contribution in [1.29, 1.82) is 0 Å². The van der Waals surface area contributed by atoms with Crippen molar-refractivity contribution >= 4 is 11.9 Å². The highest BCUT2D eigenvalue weighted by molar-refractivity contribution is 6.01. The van der Waals surface area contributed by atoms with Crippen molar-refractivity contribution in [2.75, 3.05) is 0 Å². The Kier molecular flexibility index (Phi) is 3.22. The first-order valence-corrected chi connectivity index (χ1v) is 7.70. The van der Waals surface area contributed by atoms with Crippen molar-refractivity contribution in [3.63, 3.8) is 0 Å². The van der Waals surface area contributed by atoms with Crippen LogP contribution in [0.4, 0.5) is 0 Å². The standard InChI is InChI=1S/C18H17N3O/c22-17-11-13(10-16-18(17)20-9-8-19-16)21-15-7-3-5-12-4-1-2-6-14(12)15/h1-2,4,6,8-10,15,21H,3,5,7,11H2/t15-/m1/s1. The van der Waals surface area contributed by atoms with Gasteiger partial charge in [-0.15, -0.1) is 0 Å². The largest absolute Gasteiger partial charge is 0.381 e. The first-order chi connectivity index (χ1) is 10.8. The number of hydrogen-bond donors (Lipinski definition) is 1. The number of aryl methyl sites for hydroxylation is 1. The number of carbonyl (C=O) groups excluding carboxylic acids is 1. The second kappa shape index (κ2) is 5.37. The van der Waals surface area contributed by atoms with Crippen molar-refractivity contribution in [3.05, 3.63) is 64.9 Å². The lowest BCUT2D eigenvalue weighted by Gasteiger charge is -2.29. The summed E-state index contributed by atoms with van der Waals surface area (Å²) >= 11 is 0. The van der Waals surface area contributed by atoms with Crippen LogP contribution in [0, 0.1) is 0 Å². The fourth-order valence-electron chi connectivity index (χ4n) is 3.36.